The van der Waals surface area contributed by atoms with Crippen molar-refractivity contribution in [3.05, 3.63) is 133 Å². The highest BCUT2D eigenvalue weighted by molar-refractivity contribution is 7.26. The predicted octanol–water partition coefficient (Wildman–Crippen LogP) is 10.7. The fourth-order valence-electron chi connectivity index (χ4n) is 5.72. The fourth-order valence-corrected chi connectivity index (χ4v) is 7.94. The molecular weight excluding hydrogens is 577 g/mol. The van der Waals surface area contributed by atoms with Crippen molar-refractivity contribution < 1.29 is 0 Å². The van der Waals surface area contributed by atoms with E-state index in [4.69, 9.17) is 19.9 Å². The topological polar surface area (TPSA) is 51.6 Å². The Morgan fingerprint density at radius 3 is 1.70 bits per heavy atom. The molecule has 0 amide bonds. The van der Waals surface area contributed by atoms with E-state index in [1.165, 1.54) is 35.6 Å². The second-order valence-electron chi connectivity index (χ2n) is 10.7. The van der Waals surface area contributed by atoms with Crippen LogP contribution in [0.4, 0.5) is 0 Å². The summed E-state index contributed by atoms with van der Waals surface area (Å²) in [6.07, 6.45) is 0. The van der Waals surface area contributed by atoms with Crippen LogP contribution >= 0.6 is 22.7 Å². The minimum atomic E-state index is 0.666. The molecule has 0 radical (unpaired) electrons. The predicted molar refractivity (Wildman–Crippen MR) is 185 cm³/mol. The minimum absolute atomic E-state index is 0.666. The first-order valence-electron chi connectivity index (χ1n) is 14.4. The van der Waals surface area contributed by atoms with Gasteiger partial charge in [0.15, 0.2) is 17.5 Å². The summed E-state index contributed by atoms with van der Waals surface area (Å²) in [5.41, 5.74) is 5.09. The second kappa shape index (κ2) is 10.2. The van der Waals surface area contributed by atoms with Gasteiger partial charge in [-0.3, -0.25) is 0 Å². The molecule has 4 nitrogen and oxygen atoms in total. The SMILES string of the molecule is c1ccc(-c2nc(-c3ccccc3)nc(-c3ccc4c(c3)sc3cc5sc(-c6ccc7ccccc7c6)nc5cc34)n2)cc1. The first-order chi connectivity index (χ1) is 21.7. The molecule has 0 aliphatic heterocycles. The zero-order valence-corrected chi connectivity index (χ0v) is 24.9. The lowest BCUT2D eigenvalue weighted by atomic mass is 10.1. The molecule has 0 bridgehead atoms. The van der Waals surface area contributed by atoms with Crippen LogP contribution in [-0.4, -0.2) is 19.9 Å². The van der Waals surface area contributed by atoms with Crippen LogP contribution in [0.25, 0.3) is 85.9 Å². The zero-order valence-electron chi connectivity index (χ0n) is 23.3. The molecule has 6 heteroatoms. The van der Waals surface area contributed by atoms with E-state index < -0.39 is 0 Å². The van der Waals surface area contributed by atoms with Gasteiger partial charge < -0.3 is 0 Å². The van der Waals surface area contributed by atoms with Gasteiger partial charge in [-0.2, -0.15) is 0 Å². The van der Waals surface area contributed by atoms with Crippen LogP contribution in [0.2, 0.25) is 0 Å². The molecule has 206 valence electrons. The van der Waals surface area contributed by atoms with Crippen LogP contribution in [0.15, 0.2) is 133 Å². The highest BCUT2D eigenvalue weighted by Crippen LogP contribution is 2.41. The van der Waals surface area contributed by atoms with Gasteiger partial charge in [-0.1, -0.05) is 109 Å². The van der Waals surface area contributed by atoms with Gasteiger partial charge in [-0.15, -0.1) is 22.7 Å². The molecule has 0 saturated heterocycles. The first-order valence-corrected chi connectivity index (χ1v) is 16.0. The highest BCUT2D eigenvalue weighted by atomic mass is 32.1. The summed E-state index contributed by atoms with van der Waals surface area (Å²) in [6.45, 7) is 0. The normalized spacial score (nSPS) is 11.6. The molecule has 0 aliphatic rings. The van der Waals surface area contributed by atoms with Crippen LogP contribution in [0, 0.1) is 0 Å². The van der Waals surface area contributed by atoms with E-state index in [1.807, 2.05) is 60.7 Å². The molecule has 0 N–H and O–H groups in total. The fraction of sp³-hybridized carbons (Fsp3) is 0. The Morgan fingerprint density at radius 2 is 0.977 bits per heavy atom. The van der Waals surface area contributed by atoms with E-state index in [0.29, 0.717) is 17.5 Å². The Hall–Kier alpha value is -5.30. The first kappa shape index (κ1) is 25.2. The lowest BCUT2D eigenvalue weighted by molar-refractivity contribution is 1.07. The average Bonchev–Trinajstić information content (AvgIpc) is 3.67. The summed E-state index contributed by atoms with van der Waals surface area (Å²) in [7, 11) is 0. The summed E-state index contributed by atoms with van der Waals surface area (Å²) < 4.78 is 3.65. The minimum Gasteiger partial charge on any atom is -0.236 e. The van der Waals surface area contributed by atoms with E-state index in [0.717, 1.165) is 32.8 Å². The Balaban J connectivity index is 1.14. The summed E-state index contributed by atoms with van der Waals surface area (Å²) in [5, 5.41) is 5.97. The maximum absolute atomic E-state index is 5.06. The Bertz CT molecular complexity index is 2440. The monoisotopic (exact) mass is 598 g/mol. The molecule has 9 rings (SSSR count). The van der Waals surface area contributed by atoms with Gasteiger partial charge in [-0.25, -0.2) is 19.9 Å². The standard InChI is InChI=1S/C38H22N4S2/c1-3-10-24(11-4-1)35-40-36(25-12-5-2-6-13-25)42-37(41-35)27-17-18-29-30-21-31-34(22-33(30)43-32(29)20-27)44-38(39-31)28-16-15-23-9-7-8-14-26(23)19-28/h1-22H. The van der Waals surface area contributed by atoms with Gasteiger partial charge in [0.1, 0.15) is 5.01 Å². The third-order valence-electron chi connectivity index (χ3n) is 7.94. The number of hydrogen-bond donors (Lipinski definition) is 0. The number of rotatable bonds is 4. The molecule has 6 aromatic carbocycles. The largest absolute Gasteiger partial charge is 0.236 e. The Labute approximate surface area is 261 Å². The van der Waals surface area contributed by atoms with Crippen molar-refractivity contribution in [1.82, 2.24) is 19.9 Å². The van der Waals surface area contributed by atoms with Gasteiger partial charge in [-0.05, 0) is 35.0 Å². The van der Waals surface area contributed by atoms with E-state index >= 15 is 0 Å². The summed E-state index contributed by atoms with van der Waals surface area (Å²) in [6, 6.07) is 46.3. The van der Waals surface area contributed by atoms with Crippen molar-refractivity contribution in [2.24, 2.45) is 0 Å². The third-order valence-corrected chi connectivity index (χ3v) is 10.1. The van der Waals surface area contributed by atoms with Gasteiger partial charge in [0, 0.05) is 42.4 Å². The van der Waals surface area contributed by atoms with Gasteiger partial charge in [0.05, 0.1) is 10.2 Å². The number of thiophene rings is 1. The maximum Gasteiger partial charge on any atom is 0.164 e. The van der Waals surface area contributed by atoms with Crippen molar-refractivity contribution >= 4 is 63.8 Å². The van der Waals surface area contributed by atoms with Crippen LogP contribution in [0.1, 0.15) is 0 Å². The molecule has 3 heterocycles. The molecule has 0 saturated carbocycles. The molecule has 0 aliphatic carbocycles. The van der Waals surface area contributed by atoms with E-state index in [-0.39, 0.29) is 0 Å². The number of thiazole rings is 1. The van der Waals surface area contributed by atoms with Gasteiger partial charge >= 0.3 is 0 Å². The molecule has 0 unspecified atom stereocenters. The molecule has 44 heavy (non-hydrogen) atoms. The lowest BCUT2D eigenvalue weighted by Crippen LogP contribution is -1.99. The van der Waals surface area contributed by atoms with Crippen molar-refractivity contribution in [1.29, 1.82) is 0 Å². The third kappa shape index (κ3) is 4.35. The number of fused-ring (bicyclic) bond motifs is 5. The molecule has 9 aromatic rings. The van der Waals surface area contributed by atoms with E-state index in [1.54, 1.807) is 22.7 Å². The Morgan fingerprint density at radius 1 is 0.364 bits per heavy atom. The molecule has 0 fully saturated rings. The quantitative estimate of drug-likeness (QED) is 0.202. The van der Waals surface area contributed by atoms with Crippen LogP contribution < -0.4 is 0 Å². The Kier molecular flexibility index (Phi) is 5.82. The van der Waals surface area contributed by atoms with E-state index in [9.17, 15) is 0 Å². The van der Waals surface area contributed by atoms with Crippen molar-refractivity contribution in [2.75, 3.05) is 0 Å². The zero-order chi connectivity index (χ0) is 29.0. The maximum atomic E-state index is 5.06. The van der Waals surface area contributed by atoms with Crippen LogP contribution in [0.5, 0.6) is 0 Å². The smallest absolute Gasteiger partial charge is 0.164 e. The summed E-state index contributed by atoms with van der Waals surface area (Å²) >= 11 is 3.55. The van der Waals surface area contributed by atoms with Crippen molar-refractivity contribution in [3.8, 4) is 44.7 Å². The van der Waals surface area contributed by atoms with Crippen molar-refractivity contribution in [3.63, 3.8) is 0 Å². The van der Waals surface area contributed by atoms with E-state index in [2.05, 4.69) is 72.8 Å². The molecule has 3 aromatic heterocycles. The second-order valence-corrected chi connectivity index (χ2v) is 12.9. The average molecular weight is 599 g/mol. The molecule has 0 spiro atoms. The van der Waals surface area contributed by atoms with Gasteiger partial charge in [0.2, 0.25) is 0 Å². The van der Waals surface area contributed by atoms with Crippen LogP contribution in [0.3, 0.4) is 0 Å². The van der Waals surface area contributed by atoms with Crippen LogP contribution in [-0.2, 0) is 0 Å². The summed E-state index contributed by atoms with van der Waals surface area (Å²) in [5.74, 6) is 2.00. The van der Waals surface area contributed by atoms with Crippen molar-refractivity contribution in [2.45, 2.75) is 0 Å². The van der Waals surface area contributed by atoms with Gasteiger partial charge in [0.25, 0.3) is 0 Å². The molecule has 0 atom stereocenters. The number of benzene rings is 6. The summed E-state index contributed by atoms with van der Waals surface area (Å²) in [4.78, 5) is 19.8. The number of aromatic nitrogens is 4. The number of hydrogen-bond acceptors (Lipinski definition) is 6. The molecular formula is C38H22N4S2. The number of nitrogens with zero attached hydrogens (tertiary/aromatic N) is 4. The highest BCUT2D eigenvalue weighted by Gasteiger charge is 2.15. The lowest BCUT2D eigenvalue weighted by Gasteiger charge is -2.08.